The summed E-state index contributed by atoms with van der Waals surface area (Å²) < 4.78 is 10.5. The molecule has 7 nitrogen and oxygen atoms in total. The Morgan fingerprint density at radius 2 is 1.89 bits per heavy atom. The number of esters is 1. The normalized spacial score (nSPS) is 15.2. The van der Waals surface area contributed by atoms with Crippen molar-refractivity contribution in [3.8, 4) is 17.4 Å². The minimum absolute atomic E-state index is 0.0383. The van der Waals surface area contributed by atoms with E-state index < -0.39 is 24.0 Å². The molecule has 7 heteroatoms. The molecule has 1 amide bonds. The third-order valence-corrected chi connectivity index (χ3v) is 4.74. The summed E-state index contributed by atoms with van der Waals surface area (Å²) >= 11 is 0. The molecule has 1 aromatic carbocycles. The number of carbonyl (C=O) groups excluding carboxylic acids is 3. The molecule has 1 aromatic heterocycles. The molecule has 3 rings (SSSR count). The highest BCUT2D eigenvalue weighted by Crippen LogP contribution is 2.39. The number of ketones is 1. The SMILES string of the molecule is CC(=O)c1ccc(-c2ccc(C(=O)OCC(=O)N[C@@](C)(C#N)C3CC3)o2)cc1. The van der Waals surface area contributed by atoms with Crippen molar-refractivity contribution in [1.82, 2.24) is 5.32 Å². The highest BCUT2D eigenvalue weighted by Gasteiger charge is 2.43. The van der Waals surface area contributed by atoms with Crippen molar-refractivity contribution in [3.63, 3.8) is 0 Å². The van der Waals surface area contributed by atoms with Crippen LogP contribution < -0.4 is 5.32 Å². The second-order valence-corrected chi connectivity index (χ2v) is 7.01. The number of furan rings is 1. The lowest BCUT2D eigenvalue weighted by atomic mass is 9.98. The van der Waals surface area contributed by atoms with Gasteiger partial charge in [0.25, 0.3) is 5.91 Å². The summed E-state index contributed by atoms with van der Waals surface area (Å²) in [6.07, 6.45) is 1.79. The zero-order valence-corrected chi connectivity index (χ0v) is 15.7. The maximum absolute atomic E-state index is 12.1. The van der Waals surface area contributed by atoms with E-state index in [4.69, 9.17) is 9.15 Å². The largest absolute Gasteiger partial charge is 0.450 e. The van der Waals surface area contributed by atoms with Gasteiger partial charge in [-0.25, -0.2) is 4.79 Å². The van der Waals surface area contributed by atoms with Crippen LogP contribution in [0.1, 0.15) is 47.6 Å². The Kier molecular flexibility index (Phi) is 5.32. The molecule has 28 heavy (non-hydrogen) atoms. The summed E-state index contributed by atoms with van der Waals surface area (Å²) in [4.78, 5) is 35.4. The van der Waals surface area contributed by atoms with Gasteiger partial charge in [0.2, 0.25) is 5.76 Å². The van der Waals surface area contributed by atoms with Gasteiger partial charge < -0.3 is 14.5 Å². The Balaban J connectivity index is 1.57. The van der Waals surface area contributed by atoms with Gasteiger partial charge in [-0.05, 0) is 44.7 Å². The smallest absolute Gasteiger partial charge is 0.374 e. The molecule has 0 spiro atoms. The fourth-order valence-electron chi connectivity index (χ4n) is 2.88. The first-order valence-electron chi connectivity index (χ1n) is 8.93. The molecule has 0 aliphatic heterocycles. The van der Waals surface area contributed by atoms with Crippen LogP contribution in [0.25, 0.3) is 11.3 Å². The van der Waals surface area contributed by atoms with E-state index in [-0.39, 0.29) is 17.5 Å². The number of benzene rings is 1. The van der Waals surface area contributed by atoms with Crippen LogP contribution in [0.2, 0.25) is 0 Å². The molecule has 1 aliphatic rings. The molecule has 0 radical (unpaired) electrons. The zero-order valence-electron chi connectivity index (χ0n) is 15.7. The van der Waals surface area contributed by atoms with Crippen LogP contribution in [0.5, 0.6) is 0 Å². The van der Waals surface area contributed by atoms with Crippen LogP contribution in [-0.2, 0) is 9.53 Å². The van der Waals surface area contributed by atoms with Crippen LogP contribution in [0, 0.1) is 17.2 Å². The lowest BCUT2D eigenvalue weighted by Crippen LogP contribution is -2.48. The lowest BCUT2D eigenvalue weighted by molar-refractivity contribution is -0.125. The van der Waals surface area contributed by atoms with Crippen molar-refractivity contribution in [3.05, 3.63) is 47.7 Å². The highest BCUT2D eigenvalue weighted by molar-refractivity contribution is 5.94. The minimum Gasteiger partial charge on any atom is -0.450 e. The van der Waals surface area contributed by atoms with Crippen LogP contribution in [0.3, 0.4) is 0 Å². The molecule has 1 atom stereocenters. The Morgan fingerprint density at radius 3 is 2.46 bits per heavy atom. The van der Waals surface area contributed by atoms with Gasteiger partial charge in [-0.1, -0.05) is 24.3 Å². The summed E-state index contributed by atoms with van der Waals surface area (Å²) in [5.41, 5.74) is 0.348. The molecular weight excluding hydrogens is 360 g/mol. The second kappa shape index (κ2) is 7.69. The first-order valence-corrected chi connectivity index (χ1v) is 8.93. The highest BCUT2D eigenvalue weighted by atomic mass is 16.5. The maximum atomic E-state index is 12.1. The number of Topliss-reactive ketones (excluding diaryl/α,β-unsaturated/α-hetero) is 1. The van der Waals surface area contributed by atoms with E-state index in [0.29, 0.717) is 16.9 Å². The van der Waals surface area contributed by atoms with Crippen LogP contribution in [0.15, 0.2) is 40.8 Å². The molecule has 1 N–H and O–H groups in total. The van der Waals surface area contributed by atoms with Crippen LogP contribution in [0.4, 0.5) is 0 Å². The van der Waals surface area contributed by atoms with E-state index in [0.717, 1.165) is 12.8 Å². The standard InChI is InChI=1S/C21H20N2O5/c1-13(24)14-3-5-15(6-4-14)17-9-10-18(28-17)20(26)27-11-19(25)23-21(2,12-22)16-7-8-16/h3-6,9-10,16H,7-8,11H2,1-2H3,(H,23,25)/t21-/m0/s1. The maximum Gasteiger partial charge on any atom is 0.374 e. The zero-order chi connectivity index (χ0) is 20.3. The van der Waals surface area contributed by atoms with Gasteiger partial charge >= 0.3 is 5.97 Å². The fraction of sp³-hybridized carbons (Fsp3) is 0.333. The fourth-order valence-corrected chi connectivity index (χ4v) is 2.88. The molecule has 1 aliphatic carbocycles. The van der Waals surface area contributed by atoms with Crippen molar-refractivity contribution < 1.29 is 23.5 Å². The third-order valence-electron chi connectivity index (χ3n) is 4.74. The van der Waals surface area contributed by atoms with E-state index in [1.165, 1.54) is 13.0 Å². The topological polar surface area (TPSA) is 109 Å². The molecule has 0 unspecified atom stereocenters. The number of nitrogens with one attached hydrogen (secondary N) is 1. The minimum atomic E-state index is -0.937. The van der Waals surface area contributed by atoms with Crippen molar-refractivity contribution in [2.75, 3.05) is 6.61 Å². The van der Waals surface area contributed by atoms with Crippen molar-refractivity contribution in [2.45, 2.75) is 32.2 Å². The molecule has 0 saturated heterocycles. The van der Waals surface area contributed by atoms with Gasteiger partial charge in [-0.3, -0.25) is 9.59 Å². The summed E-state index contributed by atoms with van der Waals surface area (Å²) in [5, 5.41) is 11.9. The second-order valence-electron chi connectivity index (χ2n) is 7.01. The average molecular weight is 380 g/mol. The number of amides is 1. The van der Waals surface area contributed by atoms with E-state index in [9.17, 15) is 19.6 Å². The first-order chi connectivity index (χ1) is 13.3. The van der Waals surface area contributed by atoms with Crippen LogP contribution >= 0.6 is 0 Å². The molecule has 1 saturated carbocycles. The monoisotopic (exact) mass is 380 g/mol. The van der Waals surface area contributed by atoms with Crippen LogP contribution in [-0.4, -0.2) is 29.8 Å². The van der Waals surface area contributed by atoms with Gasteiger partial charge in [0, 0.05) is 11.1 Å². The van der Waals surface area contributed by atoms with Gasteiger partial charge in [-0.15, -0.1) is 0 Å². The van der Waals surface area contributed by atoms with E-state index in [1.807, 2.05) is 0 Å². The average Bonchev–Trinajstić information content (AvgIpc) is 3.44. The van der Waals surface area contributed by atoms with Gasteiger partial charge in [0.1, 0.15) is 11.3 Å². The lowest BCUT2D eigenvalue weighted by Gasteiger charge is -2.22. The predicted molar refractivity (Wildman–Crippen MR) is 99.3 cm³/mol. The third kappa shape index (κ3) is 4.29. The Labute approximate surface area is 162 Å². The van der Waals surface area contributed by atoms with E-state index in [1.54, 1.807) is 37.3 Å². The molecule has 1 fully saturated rings. The van der Waals surface area contributed by atoms with Gasteiger partial charge in [0.05, 0.1) is 6.07 Å². The molecule has 1 heterocycles. The molecule has 0 bridgehead atoms. The number of nitrogens with zero attached hydrogens (tertiary/aromatic N) is 1. The molecule has 2 aromatic rings. The first kappa shape index (κ1) is 19.4. The summed E-state index contributed by atoms with van der Waals surface area (Å²) in [5.74, 6) is -0.800. The van der Waals surface area contributed by atoms with E-state index >= 15 is 0 Å². The van der Waals surface area contributed by atoms with Crippen molar-refractivity contribution >= 4 is 17.7 Å². The van der Waals surface area contributed by atoms with Crippen molar-refractivity contribution in [2.24, 2.45) is 5.92 Å². The Morgan fingerprint density at radius 1 is 1.21 bits per heavy atom. The summed E-state index contributed by atoms with van der Waals surface area (Å²) in [6.45, 7) is 2.66. The molecular formula is C21H20N2O5. The number of nitriles is 1. The number of rotatable bonds is 7. The number of carbonyl (C=O) groups is 3. The van der Waals surface area contributed by atoms with Gasteiger partial charge in [0.15, 0.2) is 12.4 Å². The number of hydrogen-bond donors (Lipinski definition) is 1. The Hall–Kier alpha value is -3.40. The molecule has 144 valence electrons. The predicted octanol–water partition coefficient (Wildman–Crippen LogP) is 3.11. The van der Waals surface area contributed by atoms with E-state index in [2.05, 4.69) is 11.4 Å². The van der Waals surface area contributed by atoms with Crippen molar-refractivity contribution in [1.29, 1.82) is 5.26 Å². The quantitative estimate of drug-likeness (QED) is 0.584. The number of ether oxygens (including phenoxy) is 1. The number of hydrogen-bond acceptors (Lipinski definition) is 6. The summed E-state index contributed by atoms with van der Waals surface area (Å²) in [6, 6.07) is 12.0. The van der Waals surface area contributed by atoms with Gasteiger partial charge in [-0.2, -0.15) is 5.26 Å². The Bertz CT molecular complexity index is 950. The summed E-state index contributed by atoms with van der Waals surface area (Å²) in [7, 11) is 0.